The van der Waals surface area contributed by atoms with E-state index >= 15 is 4.57 Å². The van der Waals surface area contributed by atoms with E-state index in [4.69, 9.17) is 87.9 Å². The number of rotatable bonds is 53. The molecule has 0 aliphatic heterocycles. The molecular formula is C54H94O34P4. The van der Waals surface area contributed by atoms with Crippen LogP contribution in [0.1, 0.15) is 191 Å². The zero-order valence-corrected chi connectivity index (χ0v) is 57.4. The zero-order valence-electron chi connectivity index (χ0n) is 53.8. The smallest absolute Gasteiger partial charge is 0.462 e. The maximum atomic E-state index is 15.2. The second kappa shape index (κ2) is 47.5. The molecule has 92 heavy (non-hydrogen) atoms. The van der Waals surface area contributed by atoms with Gasteiger partial charge in [0.05, 0.1) is 6.61 Å². The van der Waals surface area contributed by atoms with Crippen molar-refractivity contribution in [3.05, 3.63) is 0 Å². The van der Waals surface area contributed by atoms with Gasteiger partial charge in [0, 0.05) is 61.3 Å². The van der Waals surface area contributed by atoms with Crippen LogP contribution >= 0.6 is 30.8 Å². The maximum Gasteiger partial charge on any atom is 0.481 e. The van der Waals surface area contributed by atoms with Crippen molar-refractivity contribution in [2.24, 2.45) is 0 Å². The number of hydrogen-bond acceptors (Lipinski definition) is 34. The maximum absolute atomic E-state index is 15.2. The van der Waals surface area contributed by atoms with Crippen LogP contribution in [0.3, 0.4) is 0 Å². The molecule has 534 valence electrons. The van der Waals surface area contributed by atoms with E-state index in [9.17, 15) is 67.1 Å². The summed E-state index contributed by atoms with van der Waals surface area (Å²) < 4.78 is 158. The molecule has 8 atom stereocenters. The summed E-state index contributed by atoms with van der Waals surface area (Å²) in [7, 11) is -22.3. The van der Waals surface area contributed by atoms with Crippen LogP contribution in [-0.4, -0.2) is 167 Å². The highest BCUT2D eigenvalue weighted by molar-refractivity contribution is 7.58. The Labute approximate surface area is 535 Å². The minimum atomic E-state index is -5.76. The van der Waals surface area contributed by atoms with Crippen LogP contribution in [0.2, 0.25) is 0 Å². The topological polar surface area (TPSA) is 438 Å². The molecule has 0 radical (unpaired) electrons. The largest absolute Gasteiger partial charge is 0.481 e. The normalized spacial score (nSPS) is 18.5. The first kappa shape index (κ1) is 85.7. The van der Waals surface area contributed by atoms with Crippen molar-refractivity contribution in [3.8, 4) is 0 Å². The number of carbonyl (C=O) groups is 9. The third kappa shape index (κ3) is 40.2. The Morgan fingerprint density at radius 2 is 0.630 bits per heavy atom. The summed E-state index contributed by atoms with van der Waals surface area (Å²) in [5.41, 5.74) is 0. The number of aliphatic hydroxyl groups is 2. The van der Waals surface area contributed by atoms with Gasteiger partial charge in [-0.05, 0) is 12.8 Å². The van der Waals surface area contributed by atoms with Crippen LogP contribution in [0.4, 0.5) is 0 Å². The molecule has 1 fully saturated rings. The number of phosphoric ester groups is 3. The minimum Gasteiger partial charge on any atom is -0.462 e. The molecule has 1 aliphatic carbocycles. The molecule has 0 bridgehead atoms. The molecule has 0 spiro atoms. The van der Waals surface area contributed by atoms with Crippen molar-refractivity contribution in [1.29, 1.82) is 0 Å². The molecule has 0 aromatic rings. The molecule has 1 aliphatic rings. The molecule has 1 rings (SSSR count). The number of hydrogen-bond donors (Lipinski definition) is 2. The second-order valence-electron chi connectivity index (χ2n) is 20.6. The van der Waals surface area contributed by atoms with Gasteiger partial charge >= 0.3 is 77.2 Å². The lowest BCUT2D eigenvalue weighted by Crippen LogP contribution is -2.65. The summed E-state index contributed by atoms with van der Waals surface area (Å²) in [5.74, 6) is -9.23. The monoisotopic (exact) mass is 1410 g/mol. The van der Waals surface area contributed by atoms with Crippen molar-refractivity contribution < 1.29 is 159 Å². The van der Waals surface area contributed by atoms with E-state index in [1.165, 1.54) is 0 Å². The second-order valence-corrected chi connectivity index (χ2v) is 27.8. The predicted octanol–water partition coefficient (Wildman–Crippen LogP) is 8.91. The highest BCUT2D eigenvalue weighted by Gasteiger charge is 2.60. The van der Waals surface area contributed by atoms with Crippen LogP contribution in [0, 0.1) is 0 Å². The van der Waals surface area contributed by atoms with Crippen LogP contribution < -0.4 is 0 Å². The summed E-state index contributed by atoms with van der Waals surface area (Å²) >= 11 is 0. The average Bonchev–Trinajstić information content (AvgIpc) is 0.753. The van der Waals surface area contributed by atoms with E-state index in [1.54, 1.807) is 0 Å². The van der Waals surface area contributed by atoms with Crippen molar-refractivity contribution in [2.75, 3.05) is 59.9 Å². The van der Waals surface area contributed by atoms with E-state index in [0.717, 1.165) is 138 Å². The third-order valence-electron chi connectivity index (χ3n) is 12.5. The standard InChI is InChI=1S/C54H94O34P4/c1-10-12-14-16-18-20-22-24-26-28-47(62)70-30-46(84-48(63)29-27-25-23-21-19-17-15-13-11-2)31-78-90(67,79-32-71-39(3)55)86-51-49(64)52(85-89(66,37-76-44(8)60)38-77-45(9)61)54(88-92(69,82-35-74-42(6)58)83-36-75-43(7)59)53(50(51)65)87-91(68,80-33-72-40(4)56)81-34-73-41(5)57/h46,49-54,64-65H,10-38H2,1-9H3/t46?,49-,50-,51+,52-,53+,54+,90?/m0/s1. The average molecular weight is 1410 g/mol. The van der Waals surface area contributed by atoms with Crippen molar-refractivity contribution in [3.63, 3.8) is 0 Å². The number of carbonyl (C=O) groups excluding carboxylic acids is 9. The van der Waals surface area contributed by atoms with Gasteiger partial charge in [-0.2, -0.15) is 0 Å². The summed E-state index contributed by atoms with van der Waals surface area (Å²) in [4.78, 5) is 110. The molecule has 0 aromatic heterocycles. The predicted molar refractivity (Wildman–Crippen MR) is 314 cm³/mol. The van der Waals surface area contributed by atoms with Gasteiger partial charge in [0.1, 0.15) is 43.2 Å². The van der Waals surface area contributed by atoms with Crippen LogP contribution in [-0.2, 0) is 149 Å². The first-order chi connectivity index (χ1) is 43.4. The van der Waals surface area contributed by atoms with Gasteiger partial charge in [0.2, 0.25) is 34.0 Å². The van der Waals surface area contributed by atoms with Crippen LogP contribution in [0.25, 0.3) is 0 Å². The van der Waals surface area contributed by atoms with Crippen LogP contribution in [0.5, 0.6) is 0 Å². The van der Waals surface area contributed by atoms with E-state index in [0.29, 0.717) is 25.7 Å². The van der Waals surface area contributed by atoms with E-state index in [2.05, 4.69) is 13.8 Å². The van der Waals surface area contributed by atoms with Gasteiger partial charge in [-0.1, -0.05) is 117 Å². The third-order valence-corrected chi connectivity index (χ3v) is 18.2. The lowest BCUT2D eigenvalue weighted by Gasteiger charge is -2.47. The highest BCUT2D eigenvalue weighted by Crippen LogP contribution is 2.61. The molecule has 34 nitrogen and oxygen atoms in total. The molecule has 2 unspecified atom stereocenters. The Morgan fingerprint density at radius 3 is 0.978 bits per heavy atom. The fourth-order valence-electron chi connectivity index (χ4n) is 7.90. The minimum absolute atomic E-state index is 0.0468. The van der Waals surface area contributed by atoms with Gasteiger partial charge in [-0.15, -0.1) is 0 Å². The van der Waals surface area contributed by atoms with Gasteiger partial charge < -0.3 is 57.4 Å². The van der Waals surface area contributed by atoms with E-state index < -0.39 is 187 Å². The lowest BCUT2D eigenvalue weighted by atomic mass is 9.85. The molecule has 0 saturated heterocycles. The highest BCUT2D eigenvalue weighted by atomic mass is 31.2. The number of ether oxygens (including phenoxy) is 9. The van der Waals surface area contributed by atoms with Crippen LogP contribution in [0.15, 0.2) is 0 Å². The van der Waals surface area contributed by atoms with Gasteiger partial charge in [0.15, 0.2) is 18.8 Å². The summed E-state index contributed by atoms with van der Waals surface area (Å²) in [6.45, 7) is 1.67. The Balaban J connectivity index is 4.24. The SMILES string of the molecule is CCCCCCCCCCCC(=O)OCC(COP(=O)(OCOC(C)=O)O[C@H]1[C@H](O)[C@@H](OP(=O)(OCOC(C)=O)OCOC(C)=O)[C@H](OP(=O)(OCOC(C)=O)OCOC(C)=O)[C@@H](OP(=O)(COC(C)=O)COC(C)=O)[C@H]1O)OC(=O)CCCCCCCCCCC. The molecule has 1 saturated carbocycles. The Morgan fingerprint density at radius 1 is 0.337 bits per heavy atom. The fourth-order valence-corrected chi connectivity index (χ4v) is 13.0. The van der Waals surface area contributed by atoms with Gasteiger partial charge in [0.25, 0.3) is 7.37 Å². The molecule has 2 N–H and O–H groups in total. The van der Waals surface area contributed by atoms with E-state index in [-0.39, 0.29) is 12.8 Å². The van der Waals surface area contributed by atoms with E-state index in [1.807, 2.05) is 0 Å². The Kier molecular flexibility index (Phi) is 44.3. The molecule has 38 heteroatoms. The number of phosphoric acid groups is 3. The van der Waals surface area contributed by atoms with Crippen molar-refractivity contribution in [2.45, 2.75) is 233 Å². The number of esters is 9. The van der Waals surface area contributed by atoms with Crippen molar-refractivity contribution in [1.82, 2.24) is 0 Å². The first-order valence-corrected chi connectivity index (χ1v) is 36.4. The number of unbranched alkanes of at least 4 members (excludes halogenated alkanes) is 16. The van der Waals surface area contributed by atoms with Gasteiger partial charge in [-0.25, -0.2) is 36.3 Å². The van der Waals surface area contributed by atoms with Crippen molar-refractivity contribution >= 4 is 84.6 Å². The Bertz CT molecular complexity index is 2370. The fraction of sp³-hybridized carbons (Fsp3) is 0.833. The zero-order chi connectivity index (χ0) is 69.2. The molecule has 0 amide bonds. The number of aliphatic hydroxyl groups excluding tert-OH is 2. The molecule has 0 aromatic carbocycles. The Hall–Kier alpha value is -4.33. The molecule has 0 heterocycles. The van der Waals surface area contributed by atoms with Gasteiger partial charge in [-0.3, -0.25) is 65.8 Å². The summed E-state index contributed by atoms with van der Waals surface area (Å²) in [6.07, 6.45) is -5.09. The summed E-state index contributed by atoms with van der Waals surface area (Å²) in [5, 5.41) is 25.0. The first-order valence-electron chi connectivity index (χ1n) is 30.0. The summed E-state index contributed by atoms with van der Waals surface area (Å²) in [6, 6.07) is 0. The quantitative estimate of drug-likeness (QED) is 0.0188. The lowest BCUT2D eigenvalue weighted by molar-refractivity contribution is -0.214. The molecular weight excluding hydrogens is 1320 g/mol.